The van der Waals surface area contributed by atoms with Crippen LogP contribution in [0.15, 0.2) is 29.2 Å². The van der Waals surface area contributed by atoms with Gasteiger partial charge < -0.3 is 10.2 Å². The van der Waals surface area contributed by atoms with Crippen LogP contribution in [0.4, 0.5) is 0 Å². The van der Waals surface area contributed by atoms with Crippen molar-refractivity contribution in [1.29, 1.82) is 0 Å². The van der Waals surface area contributed by atoms with Gasteiger partial charge in [-0.3, -0.25) is 9.59 Å². The Morgan fingerprint density at radius 1 is 1.27 bits per heavy atom. The van der Waals surface area contributed by atoms with Crippen molar-refractivity contribution in [3.05, 3.63) is 29.8 Å². The molecular formula is C17H22N2O2S. The van der Waals surface area contributed by atoms with Crippen LogP contribution >= 0.6 is 11.8 Å². The molecule has 1 aliphatic heterocycles. The molecule has 3 unspecified atom stereocenters. The number of carbonyl (C=O) groups excluding carboxylic acids is 2. The Kier molecular flexibility index (Phi) is 4.43. The predicted molar refractivity (Wildman–Crippen MR) is 88.0 cm³/mol. The van der Waals surface area contributed by atoms with E-state index < -0.39 is 0 Å². The number of likely N-dealkylation sites (tertiary alicyclic amines) is 1. The van der Waals surface area contributed by atoms with E-state index in [1.165, 1.54) is 6.42 Å². The van der Waals surface area contributed by atoms with Crippen LogP contribution < -0.4 is 5.32 Å². The SMILES string of the molecule is CSc1ccc(C(=O)NCC(=O)N2C3CCC(C3)C2C)cc1. The zero-order chi connectivity index (χ0) is 15.7. The van der Waals surface area contributed by atoms with Crippen LogP contribution in [0, 0.1) is 5.92 Å². The molecule has 1 N–H and O–H groups in total. The molecule has 1 aliphatic carbocycles. The van der Waals surface area contributed by atoms with E-state index in [0.29, 0.717) is 23.6 Å². The Hall–Kier alpha value is -1.49. The van der Waals surface area contributed by atoms with Gasteiger partial charge in [-0.1, -0.05) is 0 Å². The maximum Gasteiger partial charge on any atom is 0.251 e. The number of nitrogens with one attached hydrogen (secondary N) is 1. The largest absolute Gasteiger partial charge is 0.343 e. The Morgan fingerprint density at radius 2 is 2.00 bits per heavy atom. The molecule has 1 saturated carbocycles. The summed E-state index contributed by atoms with van der Waals surface area (Å²) >= 11 is 1.64. The first-order chi connectivity index (χ1) is 10.6. The first-order valence-electron chi connectivity index (χ1n) is 7.83. The topological polar surface area (TPSA) is 49.4 Å². The van der Waals surface area contributed by atoms with Gasteiger partial charge in [0.25, 0.3) is 5.91 Å². The lowest BCUT2D eigenvalue weighted by molar-refractivity contribution is -0.134. The van der Waals surface area contributed by atoms with Crippen LogP contribution in [0.25, 0.3) is 0 Å². The molecule has 0 spiro atoms. The molecule has 3 rings (SSSR count). The van der Waals surface area contributed by atoms with Crippen molar-refractivity contribution in [2.45, 2.75) is 43.2 Å². The molecule has 22 heavy (non-hydrogen) atoms. The molecular weight excluding hydrogens is 296 g/mol. The Bertz CT molecular complexity index is 571. The van der Waals surface area contributed by atoms with E-state index in [1.54, 1.807) is 23.9 Å². The number of rotatable bonds is 4. The second-order valence-electron chi connectivity index (χ2n) is 6.18. The summed E-state index contributed by atoms with van der Waals surface area (Å²) in [7, 11) is 0. The highest BCUT2D eigenvalue weighted by Gasteiger charge is 2.45. The van der Waals surface area contributed by atoms with Crippen LogP contribution in [0.2, 0.25) is 0 Å². The van der Waals surface area contributed by atoms with E-state index in [0.717, 1.165) is 17.7 Å². The molecule has 0 aromatic heterocycles. The average molecular weight is 318 g/mol. The fourth-order valence-corrected chi connectivity index (χ4v) is 4.17. The molecule has 2 fully saturated rings. The molecule has 2 amide bonds. The monoisotopic (exact) mass is 318 g/mol. The van der Waals surface area contributed by atoms with Crippen molar-refractivity contribution < 1.29 is 9.59 Å². The Balaban J connectivity index is 1.55. The van der Waals surface area contributed by atoms with E-state index in [4.69, 9.17) is 0 Å². The molecule has 1 saturated heterocycles. The number of nitrogens with zero attached hydrogens (tertiary/aromatic N) is 1. The molecule has 118 valence electrons. The number of fused-ring (bicyclic) bond motifs is 2. The summed E-state index contributed by atoms with van der Waals surface area (Å²) in [4.78, 5) is 27.6. The molecule has 5 heteroatoms. The minimum atomic E-state index is -0.182. The van der Waals surface area contributed by atoms with Crippen molar-refractivity contribution >= 4 is 23.6 Å². The summed E-state index contributed by atoms with van der Waals surface area (Å²) in [5.41, 5.74) is 0.599. The lowest BCUT2D eigenvalue weighted by Gasteiger charge is -2.33. The highest BCUT2D eigenvalue weighted by atomic mass is 32.2. The molecule has 1 aromatic rings. The van der Waals surface area contributed by atoms with E-state index in [2.05, 4.69) is 12.2 Å². The highest BCUT2D eigenvalue weighted by Crippen LogP contribution is 2.41. The summed E-state index contributed by atoms with van der Waals surface area (Å²) in [6.45, 7) is 2.22. The maximum atomic E-state index is 12.4. The second-order valence-corrected chi connectivity index (χ2v) is 7.06. The summed E-state index contributed by atoms with van der Waals surface area (Å²) in [5.74, 6) is 0.524. The summed E-state index contributed by atoms with van der Waals surface area (Å²) in [5, 5.41) is 2.76. The fraction of sp³-hybridized carbons (Fsp3) is 0.529. The van der Waals surface area contributed by atoms with Gasteiger partial charge in [-0.2, -0.15) is 0 Å². The first-order valence-corrected chi connectivity index (χ1v) is 9.06. The second kappa shape index (κ2) is 6.32. The third-order valence-corrected chi connectivity index (χ3v) is 5.74. The number of amides is 2. The van der Waals surface area contributed by atoms with Crippen molar-refractivity contribution in [3.63, 3.8) is 0 Å². The Morgan fingerprint density at radius 3 is 2.59 bits per heavy atom. The number of hydrogen-bond acceptors (Lipinski definition) is 3. The minimum absolute atomic E-state index is 0.0498. The smallest absolute Gasteiger partial charge is 0.251 e. The van der Waals surface area contributed by atoms with E-state index >= 15 is 0 Å². The van der Waals surface area contributed by atoms with Crippen LogP contribution in [0.3, 0.4) is 0 Å². The van der Waals surface area contributed by atoms with Crippen molar-refractivity contribution in [2.24, 2.45) is 5.92 Å². The van der Waals surface area contributed by atoms with Gasteiger partial charge in [0.2, 0.25) is 5.91 Å². The van der Waals surface area contributed by atoms with Crippen molar-refractivity contribution in [1.82, 2.24) is 10.2 Å². The quantitative estimate of drug-likeness (QED) is 0.868. The molecule has 0 radical (unpaired) electrons. The van der Waals surface area contributed by atoms with Gasteiger partial charge in [-0.05, 0) is 62.6 Å². The molecule has 1 aromatic carbocycles. The molecule has 1 heterocycles. The zero-order valence-corrected chi connectivity index (χ0v) is 13.9. The summed E-state index contributed by atoms with van der Waals surface area (Å²) in [6, 6.07) is 8.15. The Labute approximate surface area is 135 Å². The van der Waals surface area contributed by atoms with Gasteiger partial charge in [-0.15, -0.1) is 11.8 Å². The third kappa shape index (κ3) is 2.86. The summed E-state index contributed by atoms with van der Waals surface area (Å²) in [6.07, 6.45) is 5.49. The first kappa shape index (κ1) is 15.4. The van der Waals surface area contributed by atoms with Crippen molar-refractivity contribution in [2.75, 3.05) is 12.8 Å². The standard InChI is InChI=1S/C17H22N2O2S/c1-11-13-3-6-14(9-13)19(11)16(20)10-18-17(21)12-4-7-15(22-2)8-5-12/h4-5,7-8,11,13-14H,3,6,9-10H2,1-2H3,(H,18,21). The zero-order valence-electron chi connectivity index (χ0n) is 13.0. The van der Waals surface area contributed by atoms with Crippen LogP contribution in [0.1, 0.15) is 36.5 Å². The molecule has 4 nitrogen and oxygen atoms in total. The maximum absolute atomic E-state index is 12.4. The van der Waals surface area contributed by atoms with Crippen molar-refractivity contribution in [3.8, 4) is 0 Å². The van der Waals surface area contributed by atoms with E-state index in [1.807, 2.05) is 23.3 Å². The van der Waals surface area contributed by atoms with Gasteiger partial charge in [-0.25, -0.2) is 0 Å². The number of piperidine rings is 1. The number of carbonyl (C=O) groups is 2. The van der Waals surface area contributed by atoms with Crippen LogP contribution in [-0.2, 0) is 4.79 Å². The van der Waals surface area contributed by atoms with Crippen LogP contribution in [0.5, 0.6) is 0 Å². The van der Waals surface area contributed by atoms with Gasteiger partial charge >= 0.3 is 0 Å². The van der Waals surface area contributed by atoms with E-state index in [-0.39, 0.29) is 18.4 Å². The molecule has 2 aliphatic rings. The number of thioether (sulfide) groups is 1. The van der Waals surface area contributed by atoms with Gasteiger partial charge in [0.1, 0.15) is 0 Å². The third-order valence-electron chi connectivity index (χ3n) is 5.00. The van der Waals surface area contributed by atoms with Gasteiger partial charge in [0.15, 0.2) is 0 Å². The summed E-state index contributed by atoms with van der Waals surface area (Å²) < 4.78 is 0. The van der Waals surface area contributed by atoms with Gasteiger partial charge in [0, 0.05) is 22.5 Å². The molecule has 3 atom stereocenters. The molecule has 2 bridgehead atoms. The highest BCUT2D eigenvalue weighted by molar-refractivity contribution is 7.98. The number of hydrogen-bond donors (Lipinski definition) is 1. The lowest BCUT2D eigenvalue weighted by Crippen LogP contribution is -2.47. The minimum Gasteiger partial charge on any atom is -0.343 e. The van der Waals surface area contributed by atoms with Crippen LogP contribution in [-0.4, -0.2) is 41.6 Å². The predicted octanol–water partition coefficient (Wildman–Crippen LogP) is 2.54. The number of benzene rings is 1. The average Bonchev–Trinajstić information content (AvgIpc) is 3.13. The lowest BCUT2D eigenvalue weighted by atomic mass is 10.0. The fourth-order valence-electron chi connectivity index (χ4n) is 3.76. The normalized spacial score (nSPS) is 26.3. The van der Waals surface area contributed by atoms with Gasteiger partial charge in [0.05, 0.1) is 6.54 Å². The van der Waals surface area contributed by atoms with E-state index in [9.17, 15) is 9.59 Å².